The predicted octanol–water partition coefficient (Wildman–Crippen LogP) is -2.61. The van der Waals surface area contributed by atoms with E-state index in [2.05, 4.69) is 106 Å². The summed E-state index contributed by atoms with van der Waals surface area (Å²) in [6, 6.07) is 38.0. The number of rotatable bonds is 6. The van der Waals surface area contributed by atoms with Gasteiger partial charge in [-0.25, -0.2) is 15.3 Å². The molecular weight excluding hydrogens is 805 g/mol. The fourth-order valence-corrected chi connectivity index (χ4v) is 6.33. The molecule has 0 amide bonds. The summed E-state index contributed by atoms with van der Waals surface area (Å²) in [4.78, 5) is 0. The van der Waals surface area contributed by atoms with Gasteiger partial charge in [-0.05, 0) is 60.6 Å². The van der Waals surface area contributed by atoms with Crippen LogP contribution in [0.25, 0.3) is 0 Å². The maximum atomic E-state index is 4.26. The van der Waals surface area contributed by atoms with Gasteiger partial charge < -0.3 is 61.7 Å². The van der Waals surface area contributed by atoms with Crippen LogP contribution in [0.3, 0.4) is 0 Å². The van der Waals surface area contributed by atoms with Crippen LogP contribution in [-0.2, 0) is 19.5 Å². The first-order valence-electron chi connectivity index (χ1n) is 11.5. The van der Waals surface area contributed by atoms with E-state index in [4.69, 9.17) is 0 Å². The van der Waals surface area contributed by atoms with Gasteiger partial charge in [0.15, 0.2) is 0 Å². The number of halogens is 2. The molecule has 1 radical (unpaired) electrons. The number of benzene rings is 3. The zero-order chi connectivity index (χ0) is 23.7. The van der Waals surface area contributed by atoms with Crippen LogP contribution < -0.4 is 63.9 Å². The molecule has 0 aliphatic heterocycles. The van der Waals surface area contributed by atoms with E-state index in [1.165, 1.54) is 15.9 Å². The second kappa shape index (κ2) is 16.7. The summed E-state index contributed by atoms with van der Waals surface area (Å²) in [5, 5.41) is 17.0. The van der Waals surface area contributed by atoms with Gasteiger partial charge in [0, 0.05) is 18.6 Å². The molecule has 0 atom stereocenters. The van der Waals surface area contributed by atoms with Crippen molar-refractivity contribution in [2.24, 2.45) is 0 Å². The maximum Gasteiger partial charge on any atom is 3.00 e. The number of nitrogens with zero attached hydrogens (tertiary/aromatic N) is 6. The monoisotopic (exact) mass is 831 g/mol. The maximum absolute atomic E-state index is 4.26. The van der Waals surface area contributed by atoms with E-state index in [1.54, 1.807) is 18.6 Å². The van der Waals surface area contributed by atoms with Crippen molar-refractivity contribution in [1.29, 1.82) is 0 Å². The molecule has 0 saturated carbocycles. The van der Waals surface area contributed by atoms with Crippen LogP contribution in [0.5, 0.6) is 0 Å². The molecule has 38 heavy (non-hydrogen) atoms. The summed E-state index contributed by atoms with van der Waals surface area (Å²) >= 11 is 0. The van der Waals surface area contributed by atoms with Crippen molar-refractivity contribution in [3.63, 3.8) is 0 Å². The second-order valence-electron chi connectivity index (χ2n) is 7.90. The summed E-state index contributed by atoms with van der Waals surface area (Å²) in [6.07, 6.45) is 11.0. The first kappa shape index (κ1) is 32.1. The first-order chi connectivity index (χ1) is 17.4. The molecule has 0 aliphatic carbocycles. The molecule has 3 heterocycles. The van der Waals surface area contributed by atoms with Crippen molar-refractivity contribution in [3.05, 3.63) is 146 Å². The van der Waals surface area contributed by atoms with E-state index in [0.717, 1.165) is 0 Å². The molecule has 0 bridgehead atoms. The van der Waals surface area contributed by atoms with Crippen LogP contribution in [0.1, 0.15) is 0 Å². The van der Waals surface area contributed by atoms with E-state index in [9.17, 15) is 0 Å². The third kappa shape index (κ3) is 8.18. The van der Waals surface area contributed by atoms with E-state index < -0.39 is 15.0 Å². The van der Waals surface area contributed by atoms with Gasteiger partial charge in [-0.15, -0.1) is 0 Å². The quantitative estimate of drug-likeness (QED) is 0.105. The molecule has 193 valence electrons. The number of hydrogen-bond acceptors (Lipinski definition) is 3. The van der Waals surface area contributed by atoms with Crippen LogP contribution in [-0.4, -0.2) is 36.2 Å². The standard InChI is InChI=1S/C18H15P.C9H10BN6.2HI.Ru/c1-4-10-16(11-5-1)19(17-12-6-2-7-13-17)18-14-8-3-9-15-18;1-4-11-14(7-1)10(15-8-2-5-12-15)16-9-3-6-13-16;;;/h1-15H;1-10H;2*1H;/q;-1;;;+3/p-2. The van der Waals surface area contributed by atoms with Gasteiger partial charge in [0.05, 0.1) is 0 Å². The minimum atomic E-state index is -1.12. The van der Waals surface area contributed by atoms with Gasteiger partial charge in [0.25, 0.3) is 0 Å². The van der Waals surface area contributed by atoms with Gasteiger partial charge in [0.2, 0.25) is 0 Å². The van der Waals surface area contributed by atoms with Crippen molar-refractivity contribution >= 4 is 31.0 Å². The van der Waals surface area contributed by atoms with Gasteiger partial charge in [-0.1, -0.05) is 91.0 Å². The first-order valence-corrected chi connectivity index (χ1v) is 12.8. The zero-order valence-electron chi connectivity index (χ0n) is 20.3. The Labute approximate surface area is 271 Å². The van der Waals surface area contributed by atoms with Gasteiger partial charge in [-0.3, -0.25) is 0 Å². The minimum Gasteiger partial charge on any atom is -1.00 e. The number of aromatic nitrogens is 6. The van der Waals surface area contributed by atoms with E-state index >= 15 is 0 Å². The molecular formula is C27H25BI2N6PRu. The van der Waals surface area contributed by atoms with Gasteiger partial charge >= 0.3 is 26.6 Å². The normalized spacial score (nSPS) is 9.95. The molecule has 3 aromatic heterocycles. The largest absolute Gasteiger partial charge is 3.00 e. The Hall–Kier alpha value is -2.13. The van der Waals surface area contributed by atoms with Crippen molar-refractivity contribution in [2.75, 3.05) is 0 Å². The average molecular weight is 830 g/mol. The Kier molecular flexibility index (Phi) is 14.1. The Morgan fingerprint density at radius 1 is 0.447 bits per heavy atom. The predicted molar refractivity (Wildman–Crippen MR) is 145 cm³/mol. The third-order valence-electron chi connectivity index (χ3n) is 5.59. The van der Waals surface area contributed by atoms with Gasteiger partial charge in [-0.2, -0.15) is 0 Å². The Morgan fingerprint density at radius 2 is 0.737 bits per heavy atom. The van der Waals surface area contributed by atoms with Crippen LogP contribution in [0.4, 0.5) is 0 Å². The summed E-state index contributed by atoms with van der Waals surface area (Å²) in [5.41, 5.74) is 0. The molecule has 6 aromatic rings. The summed E-state index contributed by atoms with van der Waals surface area (Å²) in [5.74, 6) is 0. The van der Waals surface area contributed by atoms with Crippen LogP contribution in [0.15, 0.2) is 146 Å². The molecule has 3 aromatic carbocycles. The van der Waals surface area contributed by atoms with E-state index in [0.29, 0.717) is 0 Å². The molecule has 6 nitrogen and oxygen atoms in total. The summed E-state index contributed by atoms with van der Waals surface area (Å²) in [6.45, 7) is 0. The van der Waals surface area contributed by atoms with E-state index in [1.807, 2.05) is 50.6 Å². The molecule has 0 N–H and O–H groups in total. The summed E-state index contributed by atoms with van der Waals surface area (Å²) < 4.78 is 5.62. The van der Waals surface area contributed by atoms with Crippen molar-refractivity contribution in [1.82, 2.24) is 29.1 Å². The molecule has 0 unspecified atom stereocenters. The minimum absolute atomic E-state index is 0. The Morgan fingerprint density at radius 3 is 0.974 bits per heavy atom. The third-order valence-corrected chi connectivity index (χ3v) is 8.03. The fraction of sp³-hybridized carbons (Fsp3) is 0. The molecule has 0 saturated heterocycles. The Bertz CT molecular complexity index is 1220. The molecule has 0 fully saturated rings. The topological polar surface area (TPSA) is 53.5 Å². The molecule has 0 spiro atoms. The zero-order valence-corrected chi connectivity index (χ0v) is 27.3. The van der Waals surface area contributed by atoms with Crippen molar-refractivity contribution < 1.29 is 67.4 Å². The molecule has 11 heteroatoms. The SMILES string of the molecule is [I-].[I-].[Ru+3].c1ccc(P(c2ccccc2)c2ccccc2)cc1.c1cnn([BH-](n2cccn2)n2cccn2)c1. The number of hydrogen-bond donors (Lipinski definition) is 0. The van der Waals surface area contributed by atoms with Crippen molar-refractivity contribution in [3.8, 4) is 0 Å². The fourth-order valence-electron chi connectivity index (χ4n) is 4.03. The van der Waals surface area contributed by atoms with Crippen LogP contribution in [0.2, 0.25) is 0 Å². The van der Waals surface area contributed by atoms with Crippen LogP contribution >= 0.6 is 7.92 Å². The van der Waals surface area contributed by atoms with E-state index in [-0.39, 0.29) is 67.4 Å². The van der Waals surface area contributed by atoms with Crippen LogP contribution in [0, 0.1) is 0 Å². The van der Waals surface area contributed by atoms with Crippen molar-refractivity contribution in [2.45, 2.75) is 0 Å². The van der Waals surface area contributed by atoms with Gasteiger partial charge in [0.1, 0.15) is 0 Å². The summed E-state index contributed by atoms with van der Waals surface area (Å²) in [7, 11) is -1.57. The smallest absolute Gasteiger partial charge is 1.00 e. The molecule has 6 rings (SSSR count). The average Bonchev–Trinajstić information content (AvgIpc) is 3.72. The second-order valence-corrected chi connectivity index (χ2v) is 10.1. The Balaban J connectivity index is 0.000000250. The molecule has 0 aliphatic rings.